The number of halogens is 2. The van der Waals surface area contributed by atoms with Crippen LogP contribution in [0.4, 0.5) is 14.5 Å². The van der Waals surface area contributed by atoms with Crippen molar-refractivity contribution in [3.05, 3.63) is 80.5 Å². The molecular weight excluding hydrogens is 478 g/mol. The first-order valence-electron chi connectivity index (χ1n) is 10.7. The van der Waals surface area contributed by atoms with Crippen LogP contribution in [-0.4, -0.2) is 35.5 Å². The molecule has 1 aromatic heterocycles. The van der Waals surface area contributed by atoms with E-state index in [0.717, 1.165) is 28.4 Å². The number of aliphatic hydroxyl groups is 1. The maximum Gasteiger partial charge on any atom is 0.294 e. The summed E-state index contributed by atoms with van der Waals surface area (Å²) in [5.74, 6) is -3.52. The minimum Gasteiger partial charge on any atom is -0.503 e. The summed E-state index contributed by atoms with van der Waals surface area (Å²) in [4.78, 5) is 32.3. The number of Topliss-reactive ketones (excluding diaryl/α,β-unsaturated/α-hetero) is 1. The number of nitrogens with zero attached hydrogens (tertiary/aromatic N) is 2. The third kappa shape index (κ3) is 4.25. The Balaban J connectivity index is 1.94. The van der Waals surface area contributed by atoms with Crippen LogP contribution in [-0.2, 0) is 4.79 Å². The van der Waals surface area contributed by atoms with Crippen molar-refractivity contribution in [1.29, 1.82) is 0 Å². The number of aliphatic hydroxyl groups excluding tert-OH is 1. The average Bonchev–Trinajstić information content (AvgIpc) is 3.29. The number of hydrogen-bond donors (Lipinski definition) is 1. The normalized spacial score (nSPS) is 15.7. The fraction of sp³-hybridized carbons (Fsp3) is 0.240. The Morgan fingerprint density at radius 1 is 1.17 bits per heavy atom. The SMILES string of the molecule is CCOc1cc(C2C(C(=O)c3sc(C)nc3C)=C(O)C(=O)N2c2ccc(F)cc2F)ccc1OC. The van der Waals surface area contributed by atoms with Crippen molar-refractivity contribution in [3.63, 3.8) is 0 Å². The van der Waals surface area contributed by atoms with Crippen LogP contribution >= 0.6 is 11.3 Å². The smallest absolute Gasteiger partial charge is 0.294 e. The number of amides is 1. The molecule has 0 radical (unpaired) electrons. The van der Waals surface area contributed by atoms with Crippen molar-refractivity contribution in [2.45, 2.75) is 26.8 Å². The van der Waals surface area contributed by atoms with Gasteiger partial charge in [-0.3, -0.25) is 14.5 Å². The Bertz CT molecular complexity index is 1370. The van der Waals surface area contributed by atoms with Crippen molar-refractivity contribution >= 4 is 28.7 Å². The molecule has 35 heavy (non-hydrogen) atoms. The molecule has 1 N–H and O–H groups in total. The summed E-state index contributed by atoms with van der Waals surface area (Å²) in [5.41, 5.74) is 0.276. The van der Waals surface area contributed by atoms with Crippen LogP contribution in [0.25, 0.3) is 0 Å². The van der Waals surface area contributed by atoms with E-state index >= 15 is 0 Å². The van der Waals surface area contributed by atoms with E-state index in [1.54, 1.807) is 39.0 Å². The molecule has 1 aliphatic heterocycles. The molecule has 1 amide bonds. The predicted molar refractivity (Wildman–Crippen MR) is 126 cm³/mol. The lowest BCUT2D eigenvalue weighted by atomic mass is 9.94. The Morgan fingerprint density at radius 2 is 1.91 bits per heavy atom. The molecule has 4 rings (SSSR count). The highest BCUT2D eigenvalue weighted by molar-refractivity contribution is 7.14. The van der Waals surface area contributed by atoms with Gasteiger partial charge in [-0.25, -0.2) is 13.8 Å². The van der Waals surface area contributed by atoms with E-state index in [2.05, 4.69) is 4.98 Å². The molecule has 0 fully saturated rings. The summed E-state index contributed by atoms with van der Waals surface area (Å²) in [6, 6.07) is 6.23. The molecular formula is C25H22F2N2O5S. The maximum atomic E-state index is 14.9. The second-order valence-corrected chi connectivity index (χ2v) is 8.96. The molecule has 0 aliphatic carbocycles. The van der Waals surface area contributed by atoms with Gasteiger partial charge in [0.05, 0.1) is 46.6 Å². The Kier molecular flexibility index (Phi) is 6.58. The summed E-state index contributed by atoms with van der Waals surface area (Å²) in [5, 5.41) is 11.5. The number of aryl methyl sites for hydroxylation is 2. The number of carbonyl (C=O) groups excluding carboxylic acids is 2. The number of benzene rings is 2. The van der Waals surface area contributed by atoms with Gasteiger partial charge in [-0.15, -0.1) is 11.3 Å². The zero-order valence-electron chi connectivity index (χ0n) is 19.4. The zero-order chi connectivity index (χ0) is 25.4. The number of rotatable bonds is 7. The number of carbonyl (C=O) groups is 2. The molecule has 2 aromatic carbocycles. The van der Waals surface area contributed by atoms with E-state index in [1.165, 1.54) is 7.11 Å². The number of anilines is 1. The maximum absolute atomic E-state index is 14.9. The van der Waals surface area contributed by atoms with Gasteiger partial charge in [0.15, 0.2) is 17.3 Å². The number of ether oxygens (including phenoxy) is 2. The van der Waals surface area contributed by atoms with Gasteiger partial charge < -0.3 is 14.6 Å². The van der Waals surface area contributed by atoms with E-state index in [9.17, 15) is 23.5 Å². The Labute approximate surface area is 204 Å². The Morgan fingerprint density at radius 3 is 2.51 bits per heavy atom. The minimum absolute atomic E-state index is 0.238. The zero-order valence-corrected chi connectivity index (χ0v) is 20.2. The number of methoxy groups -OCH3 is 1. The van der Waals surface area contributed by atoms with Gasteiger partial charge in [0.25, 0.3) is 5.91 Å². The lowest BCUT2D eigenvalue weighted by molar-refractivity contribution is -0.117. The first kappa shape index (κ1) is 24.3. The molecule has 0 spiro atoms. The van der Waals surface area contributed by atoms with Gasteiger partial charge >= 0.3 is 0 Å². The molecule has 0 saturated carbocycles. The molecule has 0 saturated heterocycles. The molecule has 7 nitrogen and oxygen atoms in total. The van der Waals surface area contributed by atoms with E-state index in [0.29, 0.717) is 40.4 Å². The molecule has 182 valence electrons. The van der Waals surface area contributed by atoms with Gasteiger partial charge in [-0.1, -0.05) is 6.07 Å². The summed E-state index contributed by atoms with van der Waals surface area (Å²) < 4.78 is 39.4. The fourth-order valence-electron chi connectivity index (χ4n) is 4.07. The third-order valence-electron chi connectivity index (χ3n) is 5.54. The van der Waals surface area contributed by atoms with Gasteiger partial charge in [0, 0.05) is 6.07 Å². The van der Waals surface area contributed by atoms with Crippen LogP contribution in [0.3, 0.4) is 0 Å². The molecule has 2 heterocycles. The largest absolute Gasteiger partial charge is 0.503 e. The molecule has 1 atom stereocenters. The topological polar surface area (TPSA) is 89.0 Å². The summed E-state index contributed by atoms with van der Waals surface area (Å²) >= 11 is 1.13. The van der Waals surface area contributed by atoms with E-state index in [1.807, 2.05) is 0 Å². The van der Waals surface area contributed by atoms with Gasteiger partial charge in [-0.05, 0) is 50.6 Å². The van der Waals surface area contributed by atoms with Crippen LogP contribution in [0, 0.1) is 25.5 Å². The summed E-state index contributed by atoms with van der Waals surface area (Å²) in [6.07, 6.45) is 0. The standard InChI is InChI=1S/C25H22F2N2O5S/c1-5-34-19-10-14(6-9-18(19)33-4)21-20(22(30)24-12(2)28-13(3)35-24)23(31)25(32)29(21)17-8-7-15(26)11-16(17)27/h6-11,21,31H,5H2,1-4H3. The van der Waals surface area contributed by atoms with Crippen molar-refractivity contribution in [3.8, 4) is 11.5 Å². The monoisotopic (exact) mass is 500 g/mol. The quantitative estimate of drug-likeness (QED) is 0.447. The molecule has 10 heteroatoms. The molecule has 1 unspecified atom stereocenters. The van der Waals surface area contributed by atoms with E-state index in [-0.39, 0.29) is 16.1 Å². The second kappa shape index (κ2) is 9.46. The number of ketones is 1. The highest BCUT2D eigenvalue weighted by Crippen LogP contribution is 2.45. The minimum atomic E-state index is -1.22. The first-order valence-corrected chi connectivity index (χ1v) is 11.5. The van der Waals surface area contributed by atoms with Crippen LogP contribution in [0.2, 0.25) is 0 Å². The van der Waals surface area contributed by atoms with E-state index < -0.39 is 35.1 Å². The lowest BCUT2D eigenvalue weighted by Crippen LogP contribution is -2.32. The first-order chi connectivity index (χ1) is 16.7. The van der Waals surface area contributed by atoms with Crippen molar-refractivity contribution in [1.82, 2.24) is 4.98 Å². The summed E-state index contributed by atoms with van der Waals surface area (Å²) in [7, 11) is 1.46. The second-order valence-electron chi connectivity index (χ2n) is 7.76. The van der Waals surface area contributed by atoms with Crippen molar-refractivity contribution < 1.29 is 33.0 Å². The fourth-order valence-corrected chi connectivity index (χ4v) is 4.95. The van der Waals surface area contributed by atoms with Crippen LogP contribution in [0.5, 0.6) is 11.5 Å². The molecule has 3 aromatic rings. The number of thiazole rings is 1. The average molecular weight is 501 g/mol. The van der Waals surface area contributed by atoms with E-state index in [4.69, 9.17) is 9.47 Å². The highest BCUT2D eigenvalue weighted by atomic mass is 32.1. The third-order valence-corrected chi connectivity index (χ3v) is 6.61. The lowest BCUT2D eigenvalue weighted by Gasteiger charge is -2.27. The summed E-state index contributed by atoms with van der Waals surface area (Å²) in [6.45, 7) is 5.48. The number of aromatic nitrogens is 1. The van der Waals surface area contributed by atoms with Crippen molar-refractivity contribution in [2.24, 2.45) is 0 Å². The van der Waals surface area contributed by atoms with Gasteiger partial charge in [0.1, 0.15) is 11.6 Å². The highest BCUT2D eigenvalue weighted by Gasteiger charge is 2.46. The van der Waals surface area contributed by atoms with Crippen LogP contribution in [0.1, 0.15) is 38.9 Å². The molecule has 0 bridgehead atoms. The van der Waals surface area contributed by atoms with Gasteiger partial charge in [-0.2, -0.15) is 0 Å². The van der Waals surface area contributed by atoms with Crippen LogP contribution in [0.15, 0.2) is 47.7 Å². The molecule has 1 aliphatic rings. The van der Waals surface area contributed by atoms with Crippen molar-refractivity contribution in [2.75, 3.05) is 18.6 Å². The van der Waals surface area contributed by atoms with Gasteiger partial charge in [0.2, 0.25) is 5.78 Å². The number of hydrogen-bond acceptors (Lipinski definition) is 7. The van der Waals surface area contributed by atoms with Crippen LogP contribution < -0.4 is 14.4 Å². The predicted octanol–water partition coefficient (Wildman–Crippen LogP) is 5.23. The Hall–Kier alpha value is -3.79.